The van der Waals surface area contributed by atoms with Gasteiger partial charge in [0.2, 0.25) is 5.91 Å². The van der Waals surface area contributed by atoms with Gasteiger partial charge in [-0.1, -0.05) is 6.92 Å². The molecule has 2 N–H and O–H groups in total. The van der Waals surface area contributed by atoms with E-state index < -0.39 is 5.60 Å². The zero-order valence-corrected chi connectivity index (χ0v) is 9.49. The zero-order valence-electron chi connectivity index (χ0n) is 9.49. The quantitative estimate of drug-likeness (QED) is 0.634. The predicted molar refractivity (Wildman–Crippen MR) is 57.3 cm³/mol. The molecule has 86 valence electrons. The molecule has 2 saturated heterocycles. The summed E-state index contributed by atoms with van der Waals surface area (Å²) in [6.07, 6.45) is 0.702. The second kappa shape index (κ2) is 3.76. The maximum absolute atomic E-state index is 12.1. The smallest absolute Gasteiger partial charge is 0.227 e. The number of rotatable bonds is 1. The highest BCUT2D eigenvalue weighted by atomic mass is 16.3. The third kappa shape index (κ3) is 2.16. The molecule has 0 saturated carbocycles. The first-order chi connectivity index (χ1) is 6.99. The van der Waals surface area contributed by atoms with Crippen molar-refractivity contribution in [2.24, 2.45) is 11.8 Å². The van der Waals surface area contributed by atoms with E-state index in [0.717, 1.165) is 13.1 Å². The number of nitrogens with one attached hydrogen (secondary N) is 1. The van der Waals surface area contributed by atoms with Crippen LogP contribution in [-0.2, 0) is 4.79 Å². The number of aliphatic hydroxyl groups is 1. The number of hydrogen-bond acceptors (Lipinski definition) is 3. The number of nitrogens with zero attached hydrogens (tertiary/aromatic N) is 1. The molecule has 0 spiro atoms. The summed E-state index contributed by atoms with van der Waals surface area (Å²) in [6.45, 7) is 6.83. The van der Waals surface area contributed by atoms with Crippen molar-refractivity contribution in [2.75, 3.05) is 26.2 Å². The van der Waals surface area contributed by atoms with Crippen molar-refractivity contribution in [3.05, 3.63) is 0 Å². The Morgan fingerprint density at radius 2 is 2.27 bits per heavy atom. The highest BCUT2D eigenvalue weighted by Crippen LogP contribution is 2.25. The summed E-state index contributed by atoms with van der Waals surface area (Å²) in [5.41, 5.74) is -0.676. The van der Waals surface area contributed by atoms with Crippen molar-refractivity contribution in [1.82, 2.24) is 10.2 Å². The van der Waals surface area contributed by atoms with E-state index in [9.17, 15) is 9.90 Å². The number of hydrogen-bond donors (Lipinski definition) is 2. The molecule has 2 rings (SSSR count). The van der Waals surface area contributed by atoms with Crippen molar-refractivity contribution < 1.29 is 9.90 Å². The molecule has 4 heteroatoms. The third-order valence-corrected chi connectivity index (χ3v) is 3.60. The highest BCUT2D eigenvalue weighted by Gasteiger charge is 2.39. The lowest BCUT2D eigenvalue weighted by atomic mass is 9.97. The van der Waals surface area contributed by atoms with E-state index in [1.54, 1.807) is 6.92 Å². The number of β-amino-alcohol motifs (C(OH)–C–C–N with tert-alkyl or cyclic N) is 1. The van der Waals surface area contributed by atoms with Crippen LogP contribution in [0.3, 0.4) is 0 Å². The van der Waals surface area contributed by atoms with Crippen LogP contribution in [-0.4, -0.2) is 47.7 Å². The topological polar surface area (TPSA) is 52.6 Å². The van der Waals surface area contributed by atoms with Gasteiger partial charge >= 0.3 is 0 Å². The van der Waals surface area contributed by atoms with Gasteiger partial charge in [0.25, 0.3) is 0 Å². The first-order valence-electron chi connectivity index (χ1n) is 5.71. The first kappa shape index (κ1) is 10.9. The minimum Gasteiger partial charge on any atom is -0.388 e. The molecule has 4 nitrogen and oxygen atoms in total. The molecule has 2 aliphatic rings. The molecule has 0 aromatic heterocycles. The fraction of sp³-hybridized carbons (Fsp3) is 0.909. The normalized spacial score (nSPS) is 41.1. The van der Waals surface area contributed by atoms with Crippen LogP contribution in [0.15, 0.2) is 0 Å². The average molecular weight is 212 g/mol. The molecule has 0 aromatic carbocycles. The Morgan fingerprint density at radius 3 is 2.73 bits per heavy atom. The van der Waals surface area contributed by atoms with Crippen LogP contribution >= 0.6 is 0 Å². The van der Waals surface area contributed by atoms with Crippen LogP contribution in [0.25, 0.3) is 0 Å². The maximum Gasteiger partial charge on any atom is 0.227 e. The molecule has 1 amide bonds. The SMILES string of the molecule is CC1CNCC1C(=O)N1CCC(C)(O)C1. The van der Waals surface area contributed by atoms with Gasteiger partial charge in [0.05, 0.1) is 11.5 Å². The lowest BCUT2D eigenvalue weighted by molar-refractivity contribution is -0.135. The maximum atomic E-state index is 12.1. The van der Waals surface area contributed by atoms with Crippen LogP contribution in [0.2, 0.25) is 0 Å². The van der Waals surface area contributed by atoms with Gasteiger partial charge < -0.3 is 15.3 Å². The van der Waals surface area contributed by atoms with E-state index in [4.69, 9.17) is 0 Å². The largest absolute Gasteiger partial charge is 0.388 e. The van der Waals surface area contributed by atoms with Crippen LogP contribution in [0, 0.1) is 11.8 Å². The molecule has 0 aliphatic carbocycles. The molecule has 3 unspecified atom stereocenters. The third-order valence-electron chi connectivity index (χ3n) is 3.60. The molecule has 0 radical (unpaired) electrons. The number of carbonyl (C=O) groups excluding carboxylic acids is 1. The Balaban J connectivity index is 1.97. The highest BCUT2D eigenvalue weighted by molar-refractivity contribution is 5.80. The standard InChI is InChI=1S/C11H20N2O2/c1-8-5-12-6-9(8)10(14)13-4-3-11(2,15)7-13/h8-9,12,15H,3-7H2,1-2H3. The van der Waals surface area contributed by atoms with Gasteiger partial charge in [0.15, 0.2) is 0 Å². The Kier molecular flexibility index (Phi) is 2.73. The summed E-state index contributed by atoms with van der Waals surface area (Å²) in [7, 11) is 0. The van der Waals surface area contributed by atoms with Crippen molar-refractivity contribution >= 4 is 5.91 Å². The van der Waals surface area contributed by atoms with Gasteiger partial charge in [-0.05, 0) is 25.8 Å². The molecule has 2 aliphatic heterocycles. The van der Waals surface area contributed by atoms with Gasteiger partial charge in [-0.15, -0.1) is 0 Å². The van der Waals surface area contributed by atoms with E-state index in [0.29, 0.717) is 25.4 Å². The van der Waals surface area contributed by atoms with E-state index >= 15 is 0 Å². The Morgan fingerprint density at radius 1 is 1.53 bits per heavy atom. The summed E-state index contributed by atoms with van der Waals surface area (Å²) in [5, 5.41) is 13.1. The summed E-state index contributed by atoms with van der Waals surface area (Å²) in [6, 6.07) is 0. The summed E-state index contributed by atoms with van der Waals surface area (Å²) in [4.78, 5) is 13.9. The van der Waals surface area contributed by atoms with Crippen LogP contribution in [0.1, 0.15) is 20.3 Å². The van der Waals surface area contributed by atoms with E-state index in [1.165, 1.54) is 0 Å². The Bertz CT molecular complexity index is 265. The van der Waals surface area contributed by atoms with Crippen LogP contribution < -0.4 is 5.32 Å². The van der Waals surface area contributed by atoms with Gasteiger partial charge in [-0.25, -0.2) is 0 Å². The lowest BCUT2D eigenvalue weighted by Crippen LogP contribution is -2.39. The van der Waals surface area contributed by atoms with Crippen molar-refractivity contribution in [2.45, 2.75) is 25.9 Å². The van der Waals surface area contributed by atoms with Gasteiger partial charge in [-0.2, -0.15) is 0 Å². The van der Waals surface area contributed by atoms with Crippen molar-refractivity contribution in [3.8, 4) is 0 Å². The van der Waals surface area contributed by atoms with Crippen LogP contribution in [0.4, 0.5) is 0 Å². The molecular weight excluding hydrogens is 192 g/mol. The van der Waals surface area contributed by atoms with E-state index in [2.05, 4.69) is 12.2 Å². The van der Waals surface area contributed by atoms with Gasteiger partial charge in [-0.3, -0.25) is 4.79 Å². The lowest BCUT2D eigenvalue weighted by Gasteiger charge is -2.23. The minimum atomic E-state index is -0.676. The molecule has 0 aromatic rings. The number of likely N-dealkylation sites (tertiary alicyclic amines) is 1. The van der Waals surface area contributed by atoms with Gasteiger partial charge in [0.1, 0.15) is 0 Å². The second-order valence-corrected chi connectivity index (χ2v) is 5.25. The number of carbonyl (C=O) groups is 1. The summed E-state index contributed by atoms with van der Waals surface area (Å²) >= 11 is 0. The summed E-state index contributed by atoms with van der Waals surface area (Å²) in [5.74, 6) is 0.743. The van der Waals surface area contributed by atoms with Crippen LogP contribution in [0.5, 0.6) is 0 Å². The molecule has 15 heavy (non-hydrogen) atoms. The van der Waals surface area contributed by atoms with Gasteiger partial charge in [0, 0.05) is 19.6 Å². The fourth-order valence-electron chi connectivity index (χ4n) is 2.51. The number of amides is 1. The molecule has 0 bridgehead atoms. The molecule has 2 fully saturated rings. The first-order valence-corrected chi connectivity index (χ1v) is 5.71. The second-order valence-electron chi connectivity index (χ2n) is 5.25. The Labute approximate surface area is 90.6 Å². The van der Waals surface area contributed by atoms with E-state index in [1.807, 2.05) is 4.90 Å². The fourth-order valence-corrected chi connectivity index (χ4v) is 2.51. The monoisotopic (exact) mass is 212 g/mol. The van der Waals surface area contributed by atoms with E-state index in [-0.39, 0.29) is 11.8 Å². The zero-order chi connectivity index (χ0) is 11.1. The van der Waals surface area contributed by atoms with Crippen molar-refractivity contribution in [3.63, 3.8) is 0 Å². The molecular formula is C11H20N2O2. The van der Waals surface area contributed by atoms with Crippen molar-refractivity contribution in [1.29, 1.82) is 0 Å². The molecule has 2 heterocycles. The molecule has 3 atom stereocenters. The summed E-state index contributed by atoms with van der Waals surface area (Å²) < 4.78 is 0. The predicted octanol–water partition coefficient (Wildman–Crippen LogP) is -0.175. The minimum absolute atomic E-state index is 0.110. The average Bonchev–Trinajstić information content (AvgIpc) is 2.71. The Hall–Kier alpha value is -0.610.